The maximum absolute atomic E-state index is 13.4. The Kier molecular flexibility index (Phi) is 4.38. The average Bonchev–Trinajstić information content (AvgIpc) is 2.15. The predicted molar refractivity (Wildman–Crippen MR) is 56.8 cm³/mol. The van der Waals surface area contributed by atoms with Gasteiger partial charge in [-0.15, -0.1) is 11.8 Å². The maximum atomic E-state index is 13.4. The molecule has 14 heavy (non-hydrogen) atoms. The quantitative estimate of drug-likeness (QED) is 0.754. The highest BCUT2D eigenvalue weighted by Crippen LogP contribution is 2.28. The van der Waals surface area contributed by atoms with Crippen LogP contribution < -0.4 is 5.73 Å². The molecule has 1 aromatic carbocycles. The van der Waals surface area contributed by atoms with Crippen LogP contribution in [0.5, 0.6) is 0 Å². The van der Waals surface area contributed by atoms with Gasteiger partial charge in [-0.05, 0) is 18.6 Å². The molecular weight excluding hydrogens is 201 g/mol. The van der Waals surface area contributed by atoms with Gasteiger partial charge in [0.2, 0.25) is 0 Å². The van der Waals surface area contributed by atoms with E-state index >= 15 is 0 Å². The normalized spacial score (nSPS) is 12.9. The molecule has 0 aromatic heterocycles. The van der Waals surface area contributed by atoms with Crippen LogP contribution in [0.3, 0.4) is 0 Å². The summed E-state index contributed by atoms with van der Waals surface area (Å²) in [5, 5.41) is 8.67. The molecule has 0 unspecified atom stereocenters. The zero-order valence-corrected chi connectivity index (χ0v) is 8.85. The van der Waals surface area contributed by atoms with Crippen molar-refractivity contribution in [1.82, 2.24) is 0 Å². The molecule has 0 fully saturated rings. The lowest BCUT2D eigenvalue weighted by Crippen LogP contribution is -2.07. The number of aliphatic hydroxyl groups excluding tert-OH is 1. The van der Waals surface area contributed by atoms with E-state index in [0.29, 0.717) is 10.6 Å². The third-order valence-corrected chi connectivity index (χ3v) is 2.93. The van der Waals surface area contributed by atoms with Crippen LogP contribution in [0.25, 0.3) is 0 Å². The summed E-state index contributed by atoms with van der Waals surface area (Å²) in [6.07, 6.45) is 0. The van der Waals surface area contributed by atoms with E-state index in [2.05, 4.69) is 0 Å². The second-order valence-corrected chi connectivity index (χ2v) is 4.12. The lowest BCUT2D eigenvalue weighted by atomic mass is 10.1. The highest BCUT2D eigenvalue weighted by molar-refractivity contribution is 7.99. The molecule has 0 saturated heterocycles. The van der Waals surface area contributed by atoms with Gasteiger partial charge in [-0.25, -0.2) is 4.39 Å². The maximum Gasteiger partial charge on any atom is 0.137 e. The number of rotatable bonds is 4. The van der Waals surface area contributed by atoms with E-state index in [-0.39, 0.29) is 18.5 Å². The van der Waals surface area contributed by atoms with Crippen molar-refractivity contribution in [2.75, 3.05) is 12.4 Å². The molecule has 3 N–H and O–H groups in total. The Labute approximate surface area is 87.3 Å². The summed E-state index contributed by atoms with van der Waals surface area (Å²) in [6.45, 7) is 1.86. The highest BCUT2D eigenvalue weighted by atomic mass is 32.2. The Hall–Kier alpha value is -0.580. The van der Waals surface area contributed by atoms with Crippen LogP contribution in [-0.2, 0) is 0 Å². The number of hydrogen-bond acceptors (Lipinski definition) is 3. The highest BCUT2D eigenvalue weighted by Gasteiger charge is 2.11. The van der Waals surface area contributed by atoms with Crippen LogP contribution in [0.1, 0.15) is 18.5 Å². The van der Waals surface area contributed by atoms with Crippen LogP contribution >= 0.6 is 11.8 Å². The Morgan fingerprint density at radius 1 is 1.57 bits per heavy atom. The van der Waals surface area contributed by atoms with Gasteiger partial charge in [-0.3, -0.25) is 0 Å². The second-order valence-electron chi connectivity index (χ2n) is 3.02. The molecular formula is C10H14FNOS. The predicted octanol–water partition coefficient (Wildman–Crippen LogP) is 1.93. The standard InChI is InChI=1S/C10H14FNOS/c1-7(12)8-3-2-4-9(11)10(8)14-6-5-13/h2-4,7,13H,5-6,12H2,1H3/t7-/m0/s1. The van der Waals surface area contributed by atoms with Crippen molar-refractivity contribution in [3.63, 3.8) is 0 Å². The molecule has 0 radical (unpaired) electrons. The Morgan fingerprint density at radius 3 is 2.86 bits per heavy atom. The number of aliphatic hydroxyl groups is 1. The summed E-state index contributed by atoms with van der Waals surface area (Å²) in [7, 11) is 0. The minimum absolute atomic E-state index is 0.0391. The van der Waals surface area contributed by atoms with Gasteiger partial charge in [-0.2, -0.15) is 0 Å². The van der Waals surface area contributed by atoms with Gasteiger partial charge >= 0.3 is 0 Å². The molecule has 0 bridgehead atoms. The molecule has 0 aliphatic rings. The number of benzene rings is 1. The van der Waals surface area contributed by atoms with Crippen LogP contribution in [0.2, 0.25) is 0 Å². The molecule has 78 valence electrons. The zero-order valence-electron chi connectivity index (χ0n) is 8.03. The van der Waals surface area contributed by atoms with Crippen LogP contribution in [0.4, 0.5) is 4.39 Å². The van der Waals surface area contributed by atoms with E-state index in [9.17, 15) is 4.39 Å². The fraction of sp³-hybridized carbons (Fsp3) is 0.400. The smallest absolute Gasteiger partial charge is 0.137 e. The van der Waals surface area contributed by atoms with E-state index in [1.165, 1.54) is 17.8 Å². The Bertz CT molecular complexity index is 304. The monoisotopic (exact) mass is 215 g/mol. The van der Waals surface area contributed by atoms with Gasteiger partial charge in [0.1, 0.15) is 5.82 Å². The zero-order chi connectivity index (χ0) is 10.6. The molecule has 0 aliphatic carbocycles. The molecule has 0 spiro atoms. The first kappa shape index (κ1) is 11.5. The Balaban J connectivity index is 2.96. The molecule has 0 amide bonds. The first-order valence-electron chi connectivity index (χ1n) is 4.44. The minimum atomic E-state index is -0.266. The minimum Gasteiger partial charge on any atom is -0.396 e. The number of thioether (sulfide) groups is 1. The lowest BCUT2D eigenvalue weighted by molar-refractivity contribution is 0.322. The fourth-order valence-electron chi connectivity index (χ4n) is 1.18. The van der Waals surface area contributed by atoms with Crippen molar-refractivity contribution >= 4 is 11.8 Å². The summed E-state index contributed by atoms with van der Waals surface area (Å²) < 4.78 is 13.4. The van der Waals surface area contributed by atoms with Crippen molar-refractivity contribution in [2.45, 2.75) is 17.9 Å². The first-order chi connectivity index (χ1) is 6.66. The van der Waals surface area contributed by atoms with Crippen molar-refractivity contribution in [1.29, 1.82) is 0 Å². The van der Waals surface area contributed by atoms with E-state index in [0.717, 1.165) is 5.56 Å². The number of halogens is 1. The van der Waals surface area contributed by atoms with Crippen LogP contribution in [0, 0.1) is 5.82 Å². The van der Waals surface area contributed by atoms with Gasteiger partial charge in [0.15, 0.2) is 0 Å². The molecule has 0 saturated carbocycles. The van der Waals surface area contributed by atoms with Crippen molar-refractivity contribution in [3.8, 4) is 0 Å². The SMILES string of the molecule is C[C@H](N)c1cccc(F)c1SCCO. The molecule has 0 aliphatic heterocycles. The van der Waals surface area contributed by atoms with Crippen LogP contribution in [0.15, 0.2) is 23.1 Å². The molecule has 2 nitrogen and oxygen atoms in total. The van der Waals surface area contributed by atoms with Gasteiger partial charge in [0, 0.05) is 16.7 Å². The summed E-state index contributed by atoms with van der Waals surface area (Å²) in [5.41, 5.74) is 6.51. The van der Waals surface area contributed by atoms with Crippen molar-refractivity contribution in [3.05, 3.63) is 29.6 Å². The number of nitrogens with two attached hydrogens (primary N) is 1. The summed E-state index contributed by atoms with van der Waals surface area (Å²) in [5.74, 6) is 0.221. The average molecular weight is 215 g/mol. The van der Waals surface area contributed by atoms with Gasteiger partial charge in [0.05, 0.1) is 6.61 Å². The summed E-state index contributed by atoms with van der Waals surface area (Å²) in [4.78, 5) is 0.552. The van der Waals surface area contributed by atoms with E-state index in [4.69, 9.17) is 10.8 Å². The third kappa shape index (κ3) is 2.70. The van der Waals surface area contributed by atoms with Crippen LogP contribution in [-0.4, -0.2) is 17.5 Å². The molecule has 1 atom stereocenters. The molecule has 1 rings (SSSR count). The third-order valence-electron chi connectivity index (χ3n) is 1.83. The molecule has 1 aromatic rings. The molecule has 0 heterocycles. The summed E-state index contributed by atoms with van der Waals surface area (Å²) >= 11 is 1.30. The van der Waals surface area contributed by atoms with E-state index in [1.807, 2.05) is 13.0 Å². The first-order valence-corrected chi connectivity index (χ1v) is 5.43. The van der Waals surface area contributed by atoms with E-state index in [1.54, 1.807) is 6.07 Å². The number of hydrogen-bond donors (Lipinski definition) is 2. The van der Waals surface area contributed by atoms with Gasteiger partial charge < -0.3 is 10.8 Å². The fourth-order valence-corrected chi connectivity index (χ4v) is 2.11. The van der Waals surface area contributed by atoms with Crippen molar-refractivity contribution < 1.29 is 9.50 Å². The summed E-state index contributed by atoms with van der Waals surface area (Å²) in [6, 6.07) is 4.68. The topological polar surface area (TPSA) is 46.2 Å². The largest absolute Gasteiger partial charge is 0.396 e. The van der Waals surface area contributed by atoms with Crippen molar-refractivity contribution in [2.24, 2.45) is 5.73 Å². The van der Waals surface area contributed by atoms with Gasteiger partial charge in [-0.1, -0.05) is 12.1 Å². The lowest BCUT2D eigenvalue weighted by Gasteiger charge is -2.12. The van der Waals surface area contributed by atoms with E-state index < -0.39 is 0 Å². The second kappa shape index (κ2) is 5.34. The Morgan fingerprint density at radius 2 is 2.29 bits per heavy atom. The molecule has 4 heteroatoms. The van der Waals surface area contributed by atoms with Gasteiger partial charge in [0.25, 0.3) is 0 Å².